The Hall–Kier alpha value is -2.16. The van der Waals surface area contributed by atoms with Crippen molar-refractivity contribution in [2.24, 2.45) is 11.8 Å². The Morgan fingerprint density at radius 2 is 1.67 bits per heavy atom. The van der Waals surface area contributed by atoms with Gasteiger partial charge in [-0.3, -0.25) is 0 Å². The smallest absolute Gasteiger partial charge is 0.232 e. The highest BCUT2D eigenvalue weighted by molar-refractivity contribution is 7.80. The lowest BCUT2D eigenvalue weighted by molar-refractivity contribution is 0.0515. The highest BCUT2D eigenvalue weighted by Crippen LogP contribution is 2.35. The first kappa shape index (κ1) is 28.4. The van der Waals surface area contributed by atoms with Gasteiger partial charge in [0.15, 0.2) is 5.11 Å². The molecule has 0 amide bonds. The summed E-state index contributed by atoms with van der Waals surface area (Å²) in [6.45, 7) is 10.9. The van der Waals surface area contributed by atoms with E-state index in [2.05, 4.69) is 52.5 Å². The number of rotatable bonds is 6. The van der Waals surface area contributed by atoms with Crippen molar-refractivity contribution in [1.82, 2.24) is 15.3 Å². The van der Waals surface area contributed by atoms with Crippen LogP contribution in [-0.4, -0.2) is 61.0 Å². The highest BCUT2D eigenvalue weighted by atomic mass is 35.5. The molecule has 3 aliphatic heterocycles. The third-order valence-corrected chi connectivity index (χ3v) is 9.00. The molecule has 212 valence electrons. The Bertz CT molecular complexity index is 1110. The van der Waals surface area contributed by atoms with Crippen molar-refractivity contribution in [1.29, 1.82) is 0 Å². The molecular formula is C30H43ClN6OS. The Balaban J connectivity index is 1.34. The summed E-state index contributed by atoms with van der Waals surface area (Å²) in [6.07, 6.45) is 8.07. The van der Waals surface area contributed by atoms with Gasteiger partial charge in [0.1, 0.15) is 11.6 Å². The summed E-state index contributed by atoms with van der Waals surface area (Å²) in [4.78, 5) is 14.8. The van der Waals surface area contributed by atoms with Gasteiger partial charge >= 0.3 is 0 Å². The quantitative estimate of drug-likeness (QED) is 0.408. The van der Waals surface area contributed by atoms with Crippen LogP contribution in [0.15, 0.2) is 30.3 Å². The van der Waals surface area contributed by atoms with Crippen molar-refractivity contribution < 1.29 is 4.74 Å². The number of hydrogen-bond donors (Lipinski definition) is 2. The maximum absolute atomic E-state index is 6.37. The molecule has 39 heavy (non-hydrogen) atoms. The van der Waals surface area contributed by atoms with E-state index >= 15 is 0 Å². The molecule has 3 aliphatic rings. The largest absolute Gasteiger partial charge is 0.381 e. The van der Waals surface area contributed by atoms with Gasteiger partial charge in [0.05, 0.1) is 0 Å². The number of nitrogens with one attached hydrogen (secondary N) is 2. The predicted octanol–water partition coefficient (Wildman–Crippen LogP) is 6.03. The Labute approximate surface area is 244 Å². The zero-order valence-corrected chi connectivity index (χ0v) is 25.0. The van der Waals surface area contributed by atoms with Crippen LogP contribution in [0.1, 0.15) is 64.4 Å². The second-order valence-corrected chi connectivity index (χ2v) is 12.7. The van der Waals surface area contributed by atoms with E-state index in [-0.39, 0.29) is 5.41 Å². The monoisotopic (exact) mass is 570 g/mol. The van der Waals surface area contributed by atoms with Gasteiger partial charge in [0.25, 0.3) is 0 Å². The average molecular weight is 571 g/mol. The highest BCUT2D eigenvalue weighted by Gasteiger charge is 2.35. The van der Waals surface area contributed by atoms with Gasteiger partial charge in [-0.1, -0.05) is 50.4 Å². The first-order valence-electron chi connectivity index (χ1n) is 14.7. The molecule has 5 rings (SSSR count). The van der Waals surface area contributed by atoms with Crippen molar-refractivity contribution in [3.8, 4) is 0 Å². The number of nitrogens with zero attached hydrogens (tertiary/aromatic N) is 4. The summed E-state index contributed by atoms with van der Waals surface area (Å²) in [5.74, 6) is 3.85. The predicted molar refractivity (Wildman–Crippen MR) is 165 cm³/mol. The summed E-state index contributed by atoms with van der Waals surface area (Å²) in [5.41, 5.74) is 1.14. The van der Waals surface area contributed by atoms with Gasteiger partial charge in [-0.25, -0.2) is 0 Å². The standard InChI is InChI=1S/C30H43ClN6OS/c1-22-16-23(2)20-37(19-22)27-18-26(36-12-5-3-4-6-13-36)33-28(34-27)35-29(39)32-21-30(10-14-38-15-11-30)24-8-7-9-25(31)17-24/h7-9,17-18,22-23H,3-6,10-16,19-21H2,1-2H3,(H2,32,33,34,35,39)/t22-,23-/m0/s1. The van der Waals surface area contributed by atoms with Gasteiger partial charge in [-0.05, 0) is 73.9 Å². The molecule has 7 nitrogen and oxygen atoms in total. The van der Waals surface area contributed by atoms with E-state index < -0.39 is 0 Å². The molecule has 0 bridgehead atoms. The first-order chi connectivity index (χ1) is 18.9. The van der Waals surface area contributed by atoms with Crippen LogP contribution >= 0.6 is 23.8 Å². The number of piperidine rings is 1. The van der Waals surface area contributed by atoms with E-state index in [4.69, 9.17) is 38.5 Å². The fourth-order valence-electron chi connectivity index (χ4n) is 6.49. The van der Waals surface area contributed by atoms with Crippen LogP contribution in [0, 0.1) is 11.8 Å². The normalized spacial score (nSPS) is 23.7. The van der Waals surface area contributed by atoms with Crippen LogP contribution in [0.4, 0.5) is 17.6 Å². The van der Waals surface area contributed by atoms with E-state index in [9.17, 15) is 0 Å². The average Bonchev–Trinajstić information content (AvgIpc) is 3.22. The molecule has 3 fully saturated rings. The number of ether oxygens (including phenoxy) is 1. The van der Waals surface area contributed by atoms with Gasteiger partial charge in [0, 0.05) is 62.4 Å². The minimum Gasteiger partial charge on any atom is -0.381 e. The molecule has 2 atom stereocenters. The summed E-state index contributed by atoms with van der Waals surface area (Å²) in [5, 5.41) is 8.14. The molecule has 0 saturated carbocycles. The van der Waals surface area contributed by atoms with Crippen LogP contribution in [0.3, 0.4) is 0 Å². The maximum Gasteiger partial charge on any atom is 0.232 e. The summed E-state index contributed by atoms with van der Waals surface area (Å²) >= 11 is 12.2. The minimum absolute atomic E-state index is 0.0884. The van der Waals surface area contributed by atoms with Gasteiger partial charge < -0.3 is 25.2 Å². The van der Waals surface area contributed by atoms with Gasteiger partial charge in [-0.15, -0.1) is 0 Å². The molecule has 0 aliphatic carbocycles. The zero-order chi connectivity index (χ0) is 27.2. The Morgan fingerprint density at radius 1 is 1.00 bits per heavy atom. The Morgan fingerprint density at radius 3 is 2.33 bits per heavy atom. The lowest BCUT2D eigenvalue weighted by Gasteiger charge is -2.38. The van der Waals surface area contributed by atoms with Gasteiger partial charge in [0.2, 0.25) is 5.95 Å². The van der Waals surface area contributed by atoms with Crippen molar-refractivity contribution in [3.05, 3.63) is 40.9 Å². The lowest BCUT2D eigenvalue weighted by atomic mass is 9.74. The van der Waals surface area contributed by atoms with Crippen molar-refractivity contribution in [3.63, 3.8) is 0 Å². The van der Waals surface area contributed by atoms with E-state index in [1.807, 2.05) is 12.1 Å². The molecule has 9 heteroatoms. The van der Waals surface area contributed by atoms with Crippen LogP contribution in [-0.2, 0) is 10.2 Å². The van der Waals surface area contributed by atoms with E-state index in [1.165, 1.54) is 37.7 Å². The molecule has 0 unspecified atom stereocenters. The fraction of sp³-hybridized carbons (Fsp3) is 0.633. The second kappa shape index (κ2) is 13.0. The molecule has 1 aromatic heterocycles. The van der Waals surface area contributed by atoms with Crippen molar-refractivity contribution >= 4 is 46.5 Å². The van der Waals surface area contributed by atoms with Crippen LogP contribution in [0.5, 0.6) is 0 Å². The third-order valence-electron chi connectivity index (χ3n) is 8.52. The number of aromatic nitrogens is 2. The number of benzene rings is 1. The van der Waals surface area contributed by atoms with Gasteiger partial charge in [-0.2, -0.15) is 9.97 Å². The second-order valence-electron chi connectivity index (χ2n) is 11.9. The number of thiocarbonyl (C=S) groups is 1. The summed E-state index contributed by atoms with van der Waals surface area (Å²) in [6, 6.07) is 10.4. The van der Waals surface area contributed by atoms with Crippen LogP contribution < -0.4 is 20.4 Å². The zero-order valence-electron chi connectivity index (χ0n) is 23.4. The van der Waals surface area contributed by atoms with Crippen LogP contribution in [0.2, 0.25) is 5.02 Å². The molecule has 3 saturated heterocycles. The summed E-state index contributed by atoms with van der Waals surface area (Å²) in [7, 11) is 0. The van der Waals surface area contributed by atoms with Crippen molar-refractivity contribution in [2.75, 3.05) is 61.1 Å². The molecule has 4 heterocycles. The number of halogens is 1. The topological polar surface area (TPSA) is 65.5 Å². The fourth-order valence-corrected chi connectivity index (χ4v) is 6.85. The molecule has 0 radical (unpaired) electrons. The maximum atomic E-state index is 6.37. The molecule has 1 aromatic carbocycles. The van der Waals surface area contributed by atoms with Crippen molar-refractivity contribution in [2.45, 2.75) is 64.2 Å². The van der Waals surface area contributed by atoms with E-state index in [0.29, 0.717) is 29.4 Å². The molecule has 2 aromatic rings. The number of anilines is 3. The molecule has 2 N–H and O–H groups in total. The SMILES string of the molecule is C[C@H]1C[C@H](C)CN(c2cc(N3CCCCCC3)nc(NC(=S)NCC3(c4cccc(Cl)c4)CCOCC3)n2)C1. The molecular weight excluding hydrogens is 528 g/mol. The van der Waals surface area contributed by atoms with Crippen LogP contribution in [0.25, 0.3) is 0 Å². The minimum atomic E-state index is -0.0884. The molecule has 0 spiro atoms. The first-order valence-corrected chi connectivity index (χ1v) is 15.5. The number of hydrogen-bond acceptors (Lipinski definition) is 6. The lowest BCUT2D eigenvalue weighted by Crippen LogP contribution is -2.45. The summed E-state index contributed by atoms with van der Waals surface area (Å²) < 4.78 is 5.71. The third kappa shape index (κ3) is 7.33. The van der Waals surface area contributed by atoms with E-state index in [0.717, 1.165) is 68.9 Å². The van der Waals surface area contributed by atoms with E-state index in [1.54, 1.807) is 0 Å². The Kier molecular flexibility index (Phi) is 9.46.